The van der Waals surface area contributed by atoms with Gasteiger partial charge in [-0.3, -0.25) is 0 Å². The lowest BCUT2D eigenvalue weighted by Crippen LogP contribution is -3.00. The van der Waals surface area contributed by atoms with Crippen LogP contribution in [-0.4, -0.2) is 30.1 Å². The van der Waals surface area contributed by atoms with Gasteiger partial charge in [0.25, 0.3) is 0 Å². The molecule has 0 bridgehead atoms. The summed E-state index contributed by atoms with van der Waals surface area (Å²) in [5, 5.41) is 2.15. The molecule has 1 aromatic rings. The third kappa shape index (κ3) is 4.65. The van der Waals surface area contributed by atoms with Crippen molar-refractivity contribution >= 4 is 20.1 Å². The smallest absolute Gasteiger partial charge is 0.500 e. The highest BCUT2D eigenvalue weighted by Gasteiger charge is 2.37. The molecule has 0 unspecified atom stereocenters. The second kappa shape index (κ2) is 8.18. The van der Waals surface area contributed by atoms with Crippen LogP contribution in [0.4, 0.5) is 0 Å². The molecule has 17 heavy (non-hydrogen) atoms. The molecule has 0 atom stereocenters. The molecule has 1 aromatic heterocycles. The summed E-state index contributed by atoms with van der Waals surface area (Å²) < 4.78 is 18.4. The average molecular weight is 298 g/mol. The minimum Gasteiger partial charge on any atom is -1.00 e. The summed E-state index contributed by atoms with van der Waals surface area (Å²) in [6.07, 6.45) is 1.00. The van der Waals surface area contributed by atoms with Crippen molar-refractivity contribution in [1.29, 1.82) is 0 Å². The lowest BCUT2D eigenvalue weighted by atomic mass is 10.4. The summed E-state index contributed by atoms with van der Waals surface area (Å²) in [5.41, 5.74) is 3.43. The van der Waals surface area contributed by atoms with Gasteiger partial charge in [-0.05, 0) is 0 Å². The SMILES string of the molecule is CO[Si](CCC[n+]1cscc1C)(OC)OC.[Cl-]. The number of hydrogen-bond donors (Lipinski definition) is 0. The number of aryl methyl sites for hydroxylation is 2. The zero-order chi connectivity index (χ0) is 12.0. The van der Waals surface area contributed by atoms with Crippen LogP contribution in [0.3, 0.4) is 0 Å². The fraction of sp³-hybridized carbons (Fsp3) is 0.700. The van der Waals surface area contributed by atoms with Crippen molar-refractivity contribution in [2.75, 3.05) is 21.3 Å². The van der Waals surface area contributed by atoms with Crippen LogP contribution in [0.2, 0.25) is 6.04 Å². The van der Waals surface area contributed by atoms with Gasteiger partial charge in [0, 0.05) is 40.7 Å². The van der Waals surface area contributed by atoms with Crippen molar-refractivity contribution in [1.82, 2.24) is 0 Å². The van der Waals surface area contributed by atoms with Crippen LogP contribution < -0.4 is 17.0 Å². The van der Waals surface area contributed by atoms with E-state index in [4.69, 9.17) is 13.3 Å². The largest absolute Gasteiger partial charge is 1.00 e. The van der Waals surface area contributed by atoms with E-state index in [1.165, 1.54) is 5.69 Å². The number of halogens is 1. The Hall–Kier alpha value is 0.0169. The van der Waals surface area contributed by atoms with E-state index in [1.807, 2.05) is 0 Å². The van der Waals surface area contributed by atoms with E-state index in [2.05, 4.69) is 22.4 Å². The van der Waals surface area contributed by atoms with Crippen LogP contribution in [-0.2, 0) is 19.8 Å². The van der Waals surface area contributed by atoms with Crippen LogP contribution in [0.1, 0.15) is 12.1 Å². The summed E-state index contributed by atoms with van der Waals surface area (Å²) in [4.78, 5) is 0. The van der Waals surface area contributed by atoms with Crippen LogP contribution in [0.15, 0.2) is 10.9 Å². The van der Waals surface area contributed by atoms with Crippen LogP contribution >= 0.6 is 11.3 Å². The van der Waals surface area contributed by atoms with Crippen molar-refractivity contribution in [2.45, 2.75) is 25.9 Å². The van der Waals surface area contributed by atoms with Gasteiger partial charge in [-0.1, -0.05) is 11.3 Å². The van der Waals surface area contributed by atoms with Crippen molar-refractivity contribution < 1.29 is 30.3 Å². The summed E-state index contributed by atoms with van der Waals surface area (Å²) in [7, 11) is 2.59. The van der Waals surface area contributed by atoms with Gasteiger partial charge in [-0.25, -0.2) is 0 Å². The Morgan fingerprint density at radius 3 is 2.24 bits per heavy atom. The quantitative estimate of drug-likeness (QED) is 0.459. The lowest BCUT2D eigenvalue weighted by molar-refractivity contribution is -0.698. The molecule has 0 N–H and O–H groups in total. The molecular weight excluding hydrogens is 278 g/mol. The summed E-state index contributed by atoms with van der Waals surface area (Å²) in [5.74, 6) is 0. The van der Waals surface area contributed by atoms with Gasteiger partial charge in [0.1, 0.15) is 6.54 Å². The minimum absolute atomic E-state index is 0. The van der Waals surface area contributed by atoms with Crippen LogP contribution in [0.5, 0.6) is 0 Å². The van der Waals surface area contributed by atoms with E-state index < -0.39 is 8.80 Å². The number of nitrogens with zero attached hydrogens (tertiary/aromatic N) is 1. The Bertz CT molecular complexity index is 312. The Labute approximate surface area is 114 Å². The van der Waals surface area contributed by atoms with Crippen molar-refractivity contribution in [3.05, 3.63) is 16.6 Å². The molecule has 7 heteroatoms. The molecular formula is C10H20ClNO3SSi. The number of hydrogen-bond acceptors (Lipinski definition) is 4. The Morgan fingerprint density at radius 2 is 1.82 bits per heavy atom. The van der Waals surface area contributed by atoms with E-state index in [1.54, 1.807) is 32.7 Å². The molecule has 0 saturated heterocycles. The fourth-order valence-corrected chi connectivity index (χ4v) is 4.12. The predicted molar refractivity (Wildman–Crippen MR) is 65.5 cm³/mol. The normalized spacial score (nSPS) is 11.3. The monoisotopic (exact) mass is 297 g/mol. The second-order valence-corrected chi connectivity index (χ2v) is 7.40. The first-order valence-electron chi connectivity index (χ1n) is 5.25. The Kier molecular flexibility index (Phi) is 8.19. The zero-order valence-electron chi connectivity index (χ0n) is 10.7. The van der Waals surface area contributed by atoms with Crippen LogP contribution in [0.25, 0.3) is 0 Å². The summed E-state index contributed by atoms with van der Waals surface area (Å²) >= 11 is 1.72. The third-order valence-electron chi connectivity index (χ3n) is 2.69. The van der Waals surface area contributed by atoms with Crippen molar-refractivity contribution in [3.8, 4) is 0 Å². The van der Waals surface area contributed by atoms with E-state index in [0.717, 1.165) is 19.0 Å². The minimum atomic E-state index is -2.38. The predicted octanol–water partition coefficient (Wildman–Crippen LogP) is -1.38. The standard InChI is InChI=1S/C10H20NO3SSi.ClH/c1-10-8-15-9-11(10)6-5-7-16(12-2,13-3)14-4;/h8-9H,5-7H2,1-4H3;1H/q+1;/p-1. The molecule has 100 valence electrons. The zero-order valence-corrected chi connectivity index (χ0v) is 13.3. The van der Waals surface area contributed by atoms with Gasteiger partial charge in [0.2, 0.25) is 5.51 Å². The first-order chi connectivity index (χ1) is 7.67. The number of rotatable bonds is 7. The molecule has 0 aliphatic rings. The number of thiazole rings is 1. The topological polar surface area (TPSA) is 31.6 Å². The first-order valence-corrected chi connectivity index (χ1v) is 8.12. The first kappa shape index (κ1) is 17.0. The molecule has 0 fully saturated rings. The molecule has 0 amide bonds. The maximum atomic E-state index is 5.37. The third-order valence-corrected chi connectivity index (χ3v) is 6.38. The molecule has 0 saturated carbocycles. The van der Waals surface area contributed by atoms with Gasteiger partial charge < -0.3 is 25.7 Å². The molecule has 4 nitrogen and oxygen atoms in total. The van der Waals surface area contributed by atoms with E-state index in [-0.39, 0.29) is 12.4 Å². The van der Waals surface area contributed by atoms with E-state index >= 15 is 0 Å². The van der Waals surface area contributed by atoms with Gasteiger partial charge in [-0.15, -0.1) is 0 Å². The number of aromatic nitrogens is 1. The van der Waals surface area contributed by atoms with Crippen LogP contribution in [0, 0.1) is 6.92 Å². The van der Waals surface area contributed by atoms with Gasteiger partial charge in [0.15, 0.2) is 5.69 Å². The average Bonchev–Trinajstić information content (AvgIpc) is 2.71. The van der Waals surface area contributed by atoms with E-state index in [0.29, 0.717) is 0 Å². The Morgan fingerprint density at radius 1 is 1.24 bits per heavy atom. The molecule has 0 spiro atoms. The van der Waals surface area contributed by atoms with Gasteiger partial charge in [0.05, 0.1) is 5.38 Å². The van der Waals surface area contributed by atoms with Gasteiger partial charge >= 0.3 is 8.80 Å². The van der Waals surface area contributed by atoms with Crippen molar-refractivity contribution in [2.24, 2.45) is 0 Å². The Balaban J connectivity index is 0.00000256. The maximum absolute atomic E-state index is 5.37. The highest BCUT2D eigenvalue weighted by Crippen LogP contribution is 2.14. The summed E-state index contributed by atoms with van der Waals surface area (Å²) in [6.45, 7) is 3.10. The van der Waals surface area contributed by atoms with E-state index in [9.17, 15) is 0 Å². The molecule has 1 rings (SSSR count). The fourth-order valence-electron chi connectivity index (χ4n) is 1.60. The molecule has 0 radical (unpaired) electrons. The van der Waals surface area contributed by atoms with Crippen molar-refractivity contribution in [3.63, 3.8) is 0 Å². The summed E-state index contributed by atoms with van der Waals surface area (Å²) in [6, 6.07) is 0.846. The molecule has 0 aliphatic carbocycles. The van der Waals surface area contributed by atoms with Gasteiger partial charge in [-0.2, -0.15) is 4.57 Å². The highest BCUT2D eigenvalue weighted by atomic mass is 35.5. The lowest BCUT2D eigenvalue weighted by Gasteiger charge is -2.23. The molecule has 0 aliphatic heterocycles. The maximum Gasteiger partial charge on any atom is 0.500 e. The second-order valence-electron chi connectivity index (χ2n) is 3.59. The molecule has 1 heterocycles. The molecule has 0 aromatic carbocycles. The highest BCUT2D eigenvalue weighted by molar-refractivity contribution is 7.07.